The molecule has 2 aliphatic heterocycles. The molecule has 12 heteroatoms. The third kappa shape index (κ3) is 6.34. The Bertz CT molecular complexity index is 1590. The number of ether oxygens (including phenoxy) is 2. The smallest absolute Gasteiger partial charge is 0.264 e. The molecule has 0 radical (unpaired) electrons. The summed E-state index contributed by atoms with van der Waals surface area (Å²) in [5.74, 6) is 0.295. The number of carbonyl (C=O) groups is 1. The van der Waals surface area contributed by atoms with Gasteiger partial charge in [0.05, 0.1) is 28.6 Å². The highest BCUT2D eigenvalue weighted by Gasteiger charge is 2.37. The van der Waals surface area contributed by atoms with Crippen molar-refractivity contribution >= 4 is 31.6 Å². The summed E-state index contributed by atoms with van der Waals surface area (Å²) >= 11 is 0. The molecule has 0 aliphatic carbocycles. The first-order valence-corrected chi connectivity index (χ1v) is 16.4. The summed E-state index contributed by atoms with van der Waals surface area (Å²) in [5.41, 5.74) is 1.24. The highest BCUT2D eigenvalue weighted by atomic mass is 32.2. The third-order valence-corrected chi connectivity index (χ3v) is 10.8. The topological polar surface area (TPSA) is 122 Å². The van der Waals surface area contributed by atoms with Crippen molar-refractivity contribution in [3.8, 4) is 11.5 Å². The van der Waals surface area contributed by atoms with Crippen LogP contribution in [0.3, 0.4) is 0 Å². The number of rotatable bonds is 9. The van der Waals surface area contributed by atoms with E-state index in [1.807, 2.05) is 6.92 Å². The molecule has 0 spiro atoms. The number of anilines is 1. The molecule has 2 aliphatic rings. The molecular formula is C29H33N3O7S2. The van der Waals surface area contributed by atoms with Crippen LogP contribution in [0.15, 0.2) is 82.6 Å². The number of amides is 1. The van der Waals surface area contributed by atoms with Gasteiger partial charge in [0.1, 0.15) is 18.1 Å². The van der Waals surface area contributed by atoms with Gasteiger partial charge in [0.25, 0.3) is 15.9 Å². The molecule has 0 aromatic heterocycles. The molecule has 1 fully saturated rings. The zero-order valence-electron chi connectivity index (χ0n) is 22.7. The number of nitrogens with zero attached hydrogens (tertiary/aromatic N) is 2. The van der Waals surface area contributed by atoms with Crippen molar-refractivity contribution < 1.29 is 31.1 Å². The van der Waals surface area contributed by atoms with Crippen molar-refractivity contribution in [3.63, 3.8) is 0 Å². The van der Waals surface area contributed by atoms with Crippen molar-refractivity contribution in [2.75, 3.05) is 37.1 Å². The second-order valence-corrected chi connectivity index (χ2v) is 13.8. The first-order chi connectivity index (χ1) is 19.7. The maximum absolute atomic E-state index is 13.5. The van der Waals surface area contributed by atoms with E-state index in [0.717, 1.165) is 24.8 Å². The number of nitrogens with one attached hydrogen (secondary N) is 1. The molecule has 5 rings (SSSR count). The first-order valence-electron chi connectivity index (χ1n) is 13.5. The van der Waals surface area contributed by atoms with Crippen molar-refractivity contribution in [1.29, 1.82) is 0 Å². The summed E-state index contributed by atoms with van der Waals surface area (Å²) in [4.78, 5) is 13.4. The number of aryl methyl sites for hydroxylation is 1. The highest BCUT2D eigenvalue weighted by Crippen LogP contribution is 2.37. The maximum Gasteiger partial charge on any atom is 0.264 e. The second-order valence-electron chi connectivity index (χ2n) is 10.0. The van der Waals surface area contributed by atoms with E-state index >= 15 is 0 Å². The standard InChI is InChI=1S/C29H33N3O7S2/c1-22-10-15-27-26(20-22)32(41(36,37)24-8-4-2-5-9-24)21-28(39-27)29(33)30-16-19-38-23-11-13-25(14-12-23)40(34,35)31-17-6-3-7-18-31/h2,4-5,8-15,20,28H,3,6-7,16-19,21H2,1H3,(H,30,33). The van der Waals surface area contributed by atoms with Crippen LogP contribution in [-0.4, -0.2) is 65.9 Å². The van der Waals surface area contributed by atoms with Crippen LogP contribution in [0.1, 0.15) is 24.8 Å². The molecule has 0 bridgehead atoms. The van der Waals surface area contributed by atoms with Gasteiger partial charge in [0.2, 0.25) is 10.0 Å². The Hall–Kier alpha value is -3.61. The lowest BCUT2D eigenvalue weighted by atomic mass is 10.1. The molecule has 3 aromatic carbocycles. The predicted octanol–water partition coefficient (Wildman–Crippen LogP) is 3.32. The Morgan fingerprint density at radius 2 is 1.59 bits per heavy atom. The minimum absolute atomic E-state index is 0.122. The Morgan fingerprint density at radius 1 is 0.902 bits per heavy atom. The normalized spacial score (nSPS) is 17.8. The van der Waals surface area contributed by atoms with Gasteiger partial charge in [0, 0.05) is 13.1 Å². The molecule has 41 heavy (non-hydrogen) atoms. The van der Waals surface area contributed by atoms with E-state index in [-0.39, 0.29) is 29.5 Å². The Kier molecular flexibility index (Phi) is 8.52. The number of piperidine rings is 1. The maximum atomic E-state index is 13.5. The molecule has 10 nitrogen and oxygen atoms in total. The fraction of sp³-hybridized carbons (Fsp3) is 0.345. The molecule has 218 valence electrons. The molecule has 1 unspecified atom stereocenters. The quantitative estimate of drug-likeness (QED) is 0.375. The van der Waals surface area contributed by atoms with Crippen LogP contribution in [-0.2, 0) is 24.8 Å². The van der Waals surface area contributed by atoms with Gasteiger partial charge in [0.15, 0.2) is 6.10 Å². The van der Waals surface area contributed by atoms with Gasteiger partial charge in [-0.3, -0.25) is 9.10 Å². The third-order valence-electron chi connectivity index (χ3n) is 7.05. The van der Waals surface area contributed by atoms with Gasteiger partial charge in [-0.2, -0.15) is 4.31 Å². The van der Waals surface area contributed by atoms with E-state index in [4.69, 9.17) is 9.47 Å². The van der Waals surface area contributed by atoms with Gasteiger partial charge in [-0.25, -0.2) is 16.8 Å². The lowest BCUT2D eigenvalue weighted by Crippen LogP contribution is -2.51. The number of hydrogen-bond acceptors (Lipinski definition) is 7. The van der Waals surface area contributed by atoms with E-state index in [0.29, 0.717) is 30.3 Å². The first kappa shape index (κ1) is 28.9. The van der Waals surface area contributed by atoms with Crippen molar-refractivity contribution in [3.05, 3.63) is 78.4 Å². The molecule has 1 N–H and O–H groups in total. The van der Waals surface area contributed by atoms with Crippen LogP contribution in [0.4, 0.5) is 5.69 Å². The molecule has 2 heterocycles. The molecular weight excluding hydrogens is 566 g/mol. The van der Waals surface area contributed by atoms with E-state index in [1.54, 1.807) is 48.5 Å². The Labute approximate surface area is 241 Å². The lowest BCUT2D eigenvalue weighted by Gasteiger charge is -2.35. The molecule has 3 aromatic rings. The van der Waals surface area contributed by atoms with E-state index < -0.39 is 32.1 Å². The lowest BCUT2D eigenvalue weighted by molar-refractivity contribution is -0.127. The summed E-state index contributed by atoms with van der Waals surface area (Å²) in [7, 11) is -7.46. The van der Waals surface area contributed by atoms with Gasteiger partial charge in [-0.15, -0.1) is 0 Å². The zero-order valence-corrected chi connectivity index (χ0v) is 24.4. The van der Waals surface area contributed by atoms with Crippen LogP contribution in [0, 0.1) is 6.92 Å². The Morgan fingerprint density at radius 3 is 2.29 bits per heavy atom. The number of sulfonamides is 2. The number of carbonyl (C=O) groups excluding carboxylic acids is 1. The summed E-state index contributed by atoms with van der Waals surface area (Å²) in [6, 6.07) is 19.5. The van der Waals surface area contributed by atoms with Gasteiger partial charge < -0.3 is 14.8 Å². The van der Waals surface area contributed by atoms with Crippen molar-refractivity contribution in [2.24, 2.45) is 0 Å². The second kappa shape index (κ2) is 12.1. The minimum Gasteiger partial charge on any atom is -0.492 e. The van der Waals surface area contributed by atoms with E-state index in [9.17, 15) is 21.6 Å². The largest absolute Gasteiger partial charge is 0.492 e. The summed E-state index contributed by atoms with van der Waals surface area (Å²) in [6.45, 7) is 3.00. The van der Waals surface area contributed by atoms with Gasteiger partial charge in [-0.1, -0.05) is 30.7 Å². The van der Waals surface area contributed by atoms with Crippen LogP contribution in [0.25, 0.3) is 0 Å². The number of hydrogen-bond donors (Lipinski definition) is 1. The molecule has 0 saturated carbocycles. The Balaban J connectivity index is 1.19. The van der Waals surface area contributed by atoms with Crippen LogP contribution in [0.5, 0.6) is 11.5 Å². The molecule has 1 atom stereocenters. The summed E-state index contributed by atoms with van der Waals surface area (Å²) < 4.78 is 67.0. The summed E-state index contributed by atoms with van der Waals surface area (Å²) in [5, 5.41) is 2.74. The van der Waals surface area contributed by atoms with E-state index in [2.05, 4.69) is 5.32 Å². The van der Waals surface area contributed by atoms with Crippen molar-refractivity contribution in [2.45, 2.75) is 42.1 Å². The number of fused-ring (bicyclic) bond motifs is 1. The average molecular weight is 600 g/mol. The zero-order chi connectivity index (χ0) is 29.0. The molecule has 1 saturated heterocycles. The number of benzene rings is 3. The van der Waals surface area contributed by atoms with Crippen LogP contribution in [0.2, 0.25) is 0 Å². The monoisotopic (exact) mass is 599 g/mol. The predicted molar refractivity (Wildman–Crippen MR) is 154 cm³/mol. The SMILES string of the molecule is Cc1ccc2c(c1)N(S(=O)(=O)c1ccccc1)CC(C(=O)NCCOc1ccc(S(=O)(=O)N3CCCCC3)cc1)O2. The average Bonchev–Trinajstić information content (AvgIpc) is 2.99. The van der Waals surface area contributed by atoms with E-state index in [1.165, 1.54) is 32.9 Å². The molecule has 1 amide bonds. The minimum atomic E-state index is -3.94. The highest BCUT2D eigenvalue weighted by molar-refractivity contribution is 7.92. The van der Waals surface area contributed by atoms with Crippen LogP contribution < -0.4 is 19.1 Å². The fourth-order valence-corrected chi connectivity index (χ4v) is 7.87. The van der Waals surface area contributed by atoms with Crippen molar-refractivity contribution in [1.82, 2.24) is 9.62 Å². The van der Waals surface area contributed by atoms with Gasteiger partial charge >= 0.3 is 0 Å². The van der Waals surface area contributed by atoms with Crippen LogP contribution >= 0.6 is 0 Å². The summed E-state index contributed by atoms with van der Waals surface area (Å²) in [6.07, 6.45) is 1.71. The fourth-order valence-electron chi connectivity index (χ4n) is 4.86. The van der Waals surface area contributed by atoms with Gasteiger partial charge in [-0.05, 0) is 73.9 Å².